The van der Waals surface area contributed by atoms with Crippen molar-refractivity contribution in [1.29, 1.82) is 0 Å². The van der Waals surface area contributed by atoms with Crippen molar-refractivity contribution in [2.45, 2.75) is 18.9 Å². The van der Waals surface area contributed by atoms with Crippen molar-refractivity contribution in [2.75, 3.05) is 5.32 Å². The fourth-order valence-corrected chi connectivity index (χ4v) is 1.76. The quantitative estimate of drug-likeness (QED) is 0.852. The Kier molecular flexibility index (Phi) is 3.66. The summed E-state index contributed by atoms with van der Waals surface area (Å²) in [7, 11) is 0. The molecule has 0 spiro atoms. The van der Waals surface area contributed by atoms with Crippen molar-refractivity contribution in [3.63, 3.8) is 0 Å². The number of nitrogens with one attached hydrogen (secondary N) is 2. The second-order valence-electron chi connectivity index (χ2n) is 4.88. The van der Waals surface area contributed by atoms with E-state index in [9.17, 15) is 18.0 Å². The fraction of sp³-hybridized carbons (Fsp3) is 0.214. The third kappa shape index (κ3) is 3.00. The van der Waals surface area contributed by atoms with Crippen molar-refractivity contribution >= 4 is 17.4 Å². The van der Waals surface area contributed by atoms with Crippen molar-refractivity contribution in [2.24, 2.45) is 0 Å². The highest BCUT2D eigenvalue weighted by molar-refractivity contribution is 5.92. The third-order valence-electron chi connectivity index (χ3n) is 3.09. The topological polar surface area (TPSA) is 66.9 Å². The summed E-state index contributed by atoms with van der Waals surface area (Å²) < 4.78 is 39.5. The fourth-order valence-electron chi connectivity index (χ4n) is 1.76. The molecule has 3 rings (SSSR count). The number of amides is 1. The summed E-state index contributed by atoms with van der Waals surface area (Å²) in [4.78, 5) is 19.5. The molecule has 22 heavy (non-hydrogen) atoms. The number of aromatic nitrogens is 2. The van der Waals surface area contributed by atoms with Crippen molar-refractivity contribution in [3.05, 3.63) is 47.7 Å². The Bertz CT molecular complexity index is 717. The minimum Gasteiger partial charge on any atom is -0.348 e. The van der Waals surface area contributed by atoms with Crippen LogP contribution in [0.2, 0.25) is 0 Å². The molecule has 0 unspecified atom stereocenters. The predicted octanol–water partition coefficient (Wildman–Crippen LogP) is 2.53. The summed E-state index contributed by atoms with van der Waals surface area (Å²) in [6.45, 7) is 0. The maximum absolute atomic E-state index is 13.5. The smallest absolute Gasteiger partial charge is 0.271 e. The third-order valence-corrected chi connectivity index (χ3v) is 3.09. The summed E-state index contributed by atoms with van der Waals surface area (Å²) in [6.07, 6.45) is 4.34. The van der Waals surface area contributed by atoms with Gasteiger partial charge in [-0.2, -0.15) is 0 Å². The van der Waals surface area contributed by atoms with Crippen LogP contribution in [0.15, 0.2) is 24.5 Å². The molecule has 0 atom stereocenters. The molecule has 0 saturated heterocycles. The van der Waals surface area contributed by atoms with E-state index in [0.717, 1.165) is 25.0 Å². The molecule has 0 bridgehead atoms. The Morgan fingerprint density at radius 3 is 2.50 bits per heavy atom. The molecule has 1 fully saturated rings. The van der Waals surface area contributed by atoms with Crippen LogP contribution in [-0.2, 0) is 0 Å². The molecule has 1 saturated carbocycles. The Morgan fingerprint density at radius 2 is 1.86 bits per heavy atom. The van der Waals surface area contributed by atoms with Crippen LogP contribution in [0.25, 0.3) is 0 Å². The molecule has 0 aliphatic heterocycles. The van der Waals surface area contributed by atoms with Gasteiger partial charge in [-0.05, 0) is 25.0 Å². The van der Waals surface area contributed by atoms with Crippen LogP contribution in [0.4, 0.5) is 24.7 Å². The first kappa shape index (κ1) is 14.3. The van der Waals surface area contributed by atoms with E-state index >= 15 is 0 Å². The van der Waals surface area contributed by atoms with E-state index < -0.39 is 17.5 Å². The Labute approximate surface area is 123 Å². The van der Waals surface area contributed by atoms with Crippen LogP contribution in [0.1, 0.15) is 23.3 Å². The lowest BCUT2D eigenvalue weighted by molar-refractivity contribution is 0.0945. The van der Waals surface area contributed by atoms with Gasteiger partial charge in [0, 0.05) is 6.04 Å². The number of hydrogen-bond donors (Lipinski definition) is 2. The highest BCUT2D eigenvalue weighted by atomic mass is 19.2. The van der Waals surface area contributed by atoms with Gasteiger partial charge < -0.3 is 10.6 Å². The molecule has 8 heteroatoms. The van der Waals surface area contributed by atoms with Gasteiger partial charge in [-0.15, -0.1) is 0 Å². The van der Waals surface area contributed by atoms with E-state index in [-0.39, 0.29) is 29.1 Å². The number of carbonyl (C=O) groups is 1. The lowest BCUT2D eigenvalue weighted by atomic mass is 10.3. The molecule has 0 radical (unpaired) electrons. The zero-order chi connectivity index (χ0) is 15.7. The van der Waals surface area contributed by atoms with Crippen LogP contribution in [0.5, 0.6) is 0 Å². The van der Waals surface area contributed by atoms with Gasteiger partial charge in [0.2, 0.25) is 0 Å². The van der Waals surface area contributed by atoms with E-state index in [0.29, 0.717) is 0 Å². The van der Waals surface area contributed by atoms with Gasteiger partial charge in [-0.1, -0.05) is 0 Å². The molecule has 1 aromatic carbocycles. The molecule has 1 amide bonds. The number of nitrogens with zero attached hydrogens (tertiary/aromatic N) is 2. The van der Waals surface area contributed by atoms with Crippen molar-refractivity contribution in [1.82, 2.24) is 15.3 Å². The van der Waals surface area contributed by atoms with Crippen LogP contribution in [-0.4, -0.2) is 21.9 Å². The molecule has 2 N–H and O–H groups in total. The van der Waals surface area contributed by atoms with E-state index in [1.54, 1.807) is 0 Å². The maximum Gasteiger partial charge on any atom is 0.271 e. The second-order valence-corrected chi connectivity index (χ2v) is 4.88. The highest BCUT2D eigenvalue weighted by Gasteiger charge is 2.24. The van der Waals surface area contributed by atoms with E-state index in [4.69, 9.17) is 0 Å². The number of anilines is 2. The SMILES string of the molecule is O=C(NC1CC1)c1cnc(Nc2ccc(F)c(F)c2F)cn1. The summed E-state index contributed by atoms with van der Waals surface area (Å²) in [6, 6.07) is 2.04. The molecule has 5 nitrogen and oxygen atoms in total. The summed E-state index contributed by atoms with van der Waals surface area (Å²) in [5.41, 5.74) is -0.147. The Morgan fingerprint density at radius 1 is 1.09 bits per heavy atom. The second kappa shape index (κ2) is 5.63. The van der Waals surface area contributed by atoms with Crippen molar-refractivity contribution in [3.8, 4) is 0 Å². The first-order chi connectivity index (χ1) is 10.5. The van der Waals surface area contributed by atoms with Crippen LogP contribution >= 0.6 is 0 Å². The van der Waals surface area contributed by atoms with E-state index in [1.165, 1.54) is 12.4 Å². The normalized spacial score (nSPS) is 13.8. The average Bonchev–Trinajstić information content (AvgIpc) is 3.32. The minimum absolute atomic E-state index is 0.105. The molecule has 114 valence electrons. The van der Waals surface area contributed by atoms with Crippen LogP contribution < -0.4 is 10.6 Å². The maximum atomic E-state index is 13.5. The van der Waals surface area contributed by atoms with Gasteiger partial charge in [-0.3, -0.25) is 4.79 Å². The van der Waals surface area contributed by atoms with Gasteiger partial charge in [-0.25, -0.2) is 23.1 Å². The van der Waals surface area contributed by atoms with Crippen molar-refractivity contribution < 1.29 is 18.0 Å². The standard InChI is InChI=1S/C14H11F3N4O/c15-8-3-4-9(13(17)12(8)16)21-11-6-18-10(5-19-11)14(22)20-7-1-2-7/h3-7H,1-2H2,(H,19,21)(H,20,22). The molecule has 1 aromatic heterocycles. The average molecular weight is 308 g/mol. The van der Waals surface area contributed by atoms with E-state index in [2.05, 4.69) is 20.6 Å². The number of halogens is 3. The van der Waals surface area contributed by atoms with Gasteiger partial charge in [0.25, 0.3) is 5.91 Å². The lowest BCUT2D eigenvalue weighted by Gasteiger charge is -2.08. The number of hydrogen-bond acceptors (Lipinski definition) is 4. The lowest BCUT2D eigenvalue weighted by Crippen LogP contribution is -2.26. The Hall–Kier alpha value is -2.64. The number of carbonyl (C=O) groups excluding carboxylic acids is 1. The first-order valence-electron chi connectivity index (χ1n) is 6.58. The van der Waals surface area contributed by atoms with Gasteiger partial charge in [0.05, 0.1) is 18.1 Å². The molecule has 2 aromatic rings. The molecule has 1 aliphatic carbocycles. The molecular weight excluding hydrogens is 297 g/mol. The molecular formula is C14H11F3N4O. The van der Waals surface area contributed by atoms with Crippen LogP contribution in [0.3, 0.4) is 0 Å². The zero-order valence-electron chi connectivity index (χ0n) is 11.2. The zero-order valence-corrected chi connectivity index (χ0v) is 11.2. The number of rotatable bonds is 4. The predicted molar refractivity (Wildman–Crippen MR) is 72.1 cm³/mol. The summed E-state index contributed by atoms with van der Waals surface area (Å²) in [5, 5.41) is 5.22. The van der Waals surface area contributed by atoms with E-state index in [1.807, 2.05) is 0 Å². The summed E-state index contributed by atoms with van der Waals surface area (Å²) >= 11 is 0. The first-order valence-corrected chi connectivity index (χ1v) is 6.58. The van der Waals surface area contributed by atoms with Gasteiger partial charge in [0.15, 0.2) is 17.5 Å². The Balaban J connectivity index is 1.73. The van der Waals surface area contributed by atoms with Gasteiger partial charge in [0.1, 0.15) is 11.5 Å². The largest absolute Gasteiger partial charge is 0.348 e. The highest BCUT2D eigenvalue weighted by Crippen LogP contribution is 2.22. The van der Waals surface area contributed by atoms with Crippen LogP contribution in [0, 0.1) is 17.5 Å². The molecule has 1 heterocycles. The van der Waals surface area contributed by atoms with Gasteiger partial charge >= 0.3 is 0 Å². The number of benzene rings is 1. The summed E-state index contributed by atoms with van der Waals surface area (Å²) in [5.74, 6) is -4.43. The monoisotopic (exact) mass is 308 g/mol. The molecule has 1 aliphatic rings. The minimum atomic E-state index is -1.57.